The van der Waals surface area contributed by atoms with E-state index in [4.69, 9.17) is 16.0 Å². The van der Waals surface area contributed by atoms with Gasteiger partial charge in [-0.15, -0.1) is 0 Å². The number of hydrogen-bond donors (Lipinski definition) is 0. The summed E-state index contributed by atoms with van der Waals surface area (Å²) in [6.07, 6.45) is 1.70. The number of nitrogens with zero attached hydrogens (tertiary/aromatic N) is 4. The summed E-state index contributed by atoms with van der Waals surface area (Å²) in [6, 6.07) is 11.7. The van der Waals surface area contributed by atoms with Crippen molar-refractivity contribution in [2.24, 2.45) is 0 Å². The van der Waals surface area contributed by atoms with E-state index in [1.54, 1.807) is 6.26 Å². The van der Waals surface area contributed by atoms with Crippen molar-refractivity contribution in [1.82, 2.24) is 19.6 Å². The number of aryl methyl sites for hydroxylation is 1. The highest BCUT2D eigenvalue weighted by Crippen LogP contribution is 2.20. The highest BCUT2D eigenvalue weighted by molar-refractivity contribution is 6.31. The van der Waals surface area contributed by atoms with Crippen molar-refractivity contribution in [3.63, 3.8) is 0 Å². The summed E-state index contributed by atoms with van der Waals surface area (Å²) >= 11 is 6.25. The largest absolute Gasteiger partial charge is 0.468 e. The first kappa shape index (κ1) is 19.7. The molecule has 1 aliphatic rings. The molecule has 4 rings (SSSR count). The first-order valence-corrected chi connectivity index (χ1v) is 10.2. The van der Waals surface area contributed by atoms with Crippen LogP contribution in [0.1, 0.15) is 33.1 Å². The number of aromatic nitrogens is 2. The van der Waals surface area contributed by atoms with Crippen molar-refractivity contribution in [1.29, 1.82) is 0 Å². The predicted molar refractivity (Wildman–Crippen MR) is 112 cm³/mol. The highest BCUT2D eigenvalue weighted by atomic mass is 35.5. The number of benzene rings is 1. The smallest absolute Gasteiger partial charge is 0.253 e. The second-order valence-electron chi connectivity index (χ2n) is 7.49. The minimum Gasteiger partial charge on any atom is -0.468 e. The van der Waals surface area contributed by atoms with E-state index < -0.39 is 0 Å². The molecule has 29 heavy (non-hydrogen) atoms. The standard InChI is InChI=1S/C22H25ClN4O2/c1-16-21(23)17(2)27(24-16)14-18-5-3-6-19(13-18)22(28)26-10-8-25(9-11-26)15-20-7-4-12-29-20/h3-7,12-13H,8-11,14-15H2,1-2H3. The first-order valence-electron chi connectivity index (χ1n) is 9.83. The Bertz CT molecular complexity index is 988. The number of piperazine rings is 1. The molecule has 0 atom stereocenters. The van der Waals surface area contributed by atoms with Crippen LogP contribution in [-0.2, 0) is 13.1 Å². The van der Waals surface area contributed by atoms with E-state index in [0.29, 0.717) is 11.6 Å². The number of halogens is 1. The van der Waals surface area contributed by atoms with Gasteiger partial charge in [-0.05, 0) is 43.7 Å². The zero-order valence-corrected chi connectivity index (χ0v) is 17.5. The molecule has 1 aromatic carbocycles. The van der Waals surface area contributed by atoms with E-state index in [1.165, 1.54) is 0 Å². The van der Waals surface area contributed by atoms with Crippen molar-refractivity contribution >= 4 is 17.5 Å². The Kier molecular flexibility index (Phi) is 5.74. The maximum atomic E-state index is 13.0. The molecule has 0 aliphatic carbocycles. The fraction of sp³-hybridized carbons (Fsp3) is 0.364. The molecular formula is C22H25ClN4O2. The summed E-state index contributed by atoms with van der Waals surface area (Å²) in [7, 11) is 0. The van der Waals surface area contributed by atoms with Crippen LogP contribution in [0.4, 0.5) is 0 Å². The van der Waals surface area contributed by atoms with Gasteiger partial charge in [-0.3, -0.25) is 14.4 Å². The van der Waals surface area contributed by atoms with E-state index in [0.717, 1.165) is 61.0 Å². The monoisotopic (exact) mass is 412 g/mol. The predicted octanol–water partition coefficient (Wildman–Crippen LogP) is 3.75. The van der Waals surface area contributed by atoms with Gasteiger partial charge in [0.05, 0.1) is 35.8 Å². The van der Waals surface area contributed by atoms with Gasteiger partial charge in [-0.25, -0.2) is 0 Å². The van der Waals surface area contributed by atoms with E-state index in [-0.39, 0.29) is 5.91 Å². The first-order chi connectivity index (χ1) is 14.0. The number of furan rings is 1. The third kappa shape index (κ3) is 4.38. The molecule has 3 aromatic rings. The van der Waals surface area contributed by atoms with Crippen LogP contribution in [0.25, 0.3) is 0 Å². The molecule has 0 saturated carbocycles. The topological polar surface area (TPSA) is 54.5 Å². The van der Waals surface area contributed by atoms with Crippen LogP contribution < -0.4 is 0 Å². The minimum absolute atomic E-state index is 0.0795. The molecule has 1 aliphatic heterocycles. The van der Waals surface area contributed by atoms with Gasteiger partial charge in [-0.2, -0.15) is 5.10 Å². The normalized spacial score (nSPS) is 15.1. The SMILES string of the molecule is Cc1nn(Cc2cccc(C(=O)N3CCN(Cc4ccco4)CC3)c2)c(C)c1Cl. The lowest BCUT2D eigenvalue weighted by atomic mass is 10.1. The molecule has 0 radical (unpaired) electrons. The minimum atomic E-state index is 0.0795. The lowest BCUT2D eigenvalue weighted by Gasteiger charge is -2.34. The molecule has 1 amide bonds. The van der Waals surface area contributed by atoms with Gasteiger partial charge in [0.1, 0.15) is 5.76 Å². The number of rotatable bonds is 5. The van der Waals surface area contributed by atoms with Gasteiger partial charge in [-0.1, -0.05) is 23.7 Å². The van der Waals surface area contributed by atoms with E-state index in [1.807, 2.05) is 59.8 Å². The third-order valence-electron chi connectivity index (χ3n) is 5.42. The molecular weight excluding hydrogens is 388 g/mol. The Morgan fingerprint density at radius 1 is 1.10 bits per heavy atom. The zero-order chi connectivity index (χ0) is 20.4. The number of amides is 1. The molecule has 0 N–H and O–H groups in total. The summed E-state index contributed by atoms with van der Waals surface area (Å²) in [6.45, 7) is 8.37. The number of carbonyl (C=O) groups is 1. The van der Waals surface area contributed by atoms with Crippen molar-refractivity contribution in [2.45, 2.75) is 26.9 Å². The molecule has 0 unspecified atom stereocenters. The second kappa shape index (κ2) is 8.43. The molecule has 0 bridgehead atoms. The van der Waals surface area contributed by atoms with E-state index in [9.17, 15) is 4.79 Å². The fourth-order valence-corrected chi connectivity index (χ4v) is 3.85. The lowest BCUT2D eigenvalue weighted by Crippen LogP contribution is -2.48. The molecule has 3 heterocycles. The van der Waals surface area contributed by atoms with Crippen LogP contribution in [0.15, 0.2) is 47.1 Å². The number of carbonyl (C=O) groups excluding carboxylic acids is 1. The van der Waals surface area contributed by atoms with Gasteiger partial charge < -0.3 is 9.32 Å². The molecule has 152 valence electrons. The zero-order valence-electron chi connectivity index (χ0n) is 16.8. The lowest BCUT2D eigenvalue weighted by molar-refractivity contribution is 0.0620. The van der Waals surface area contributed by atoms with Gasteiger partial charge in [0.2, 0.25) is 0 Å². The summed E-state index contributed by atoms with van der Waals surface area (Å²) < 4.78 is 7.31. The molecule has 2 aromatic heterocycles. The van der Waals surface area contributed by atoms with Crippen LogP contribution in [-0.4, -0.2) is 51.7 Å². The van der Waals surface area contributed by atoms with Crippen molar-refractivity contribution < 1.29 is 9.21 Å². The molecule has 6 nitrogen and oxygen atoms in total. The van der Waals surface area contributed by atoms with E-state index >= 15 is 0 Å². The average molecular weight is 413 g/mol. The van der Waals surface area contributed by atoms with Gasteiger partial charge in [0, 0.05) is 31.7 Å². The number of hydrogen-bond acceptors (Lipinski definition) is 4. The van der Waals surface area contributed by atoms with Crippen LogP contribution in [0, 0.1) is 13.8 Å². The Morgan fingerprint density at radius 3 is 2.55 bits per heavy atom. The highest BCUT2D eigenvalue weighted by Gasteiger charge is 2.23. The summed E-state index contributed by atoms with van der Waals surface area (Å²) in [5.74, 6) is 1.04. The van der Waals surface area contributed by atoms with Crippen molar-refractivity contribution in [3.05, 3.63) is 76.0 Å². The summed E-state index contributed by atoms with van der Waals surface area (Å²) in [4.78, 5) is 17.2. The molecule has 0 spiro atoms. The molecule has 1 saturated heterocycles. The second-order valence-corrected chi connectivity index (χ2v) is 7.87. The van der Waals surface area contributed by atoms with E-state index in [2.05, 4.69) is 10.00 Å². The van der Waals surface area contributed by atoms with Crippen molar-refractivity contribution in [2.75, 3.05) is 26.2 Å². The molecule has 7 heteroatoms. The fourth-order valence-electron chi connectivity index (χ4n) is 3.72. The Balaban J connectivity index is 1.39. The third-order valence-corrected chi connectivity index (χ3v) is 5.97. The van der Waals surface area contributed by atoms with Gasteiger partial charge >= 0.3 is 0 Å². The van der Waals surface area contributed by atoms with Gasteiger partial charge in [0.15, 0.2) is 0 Å². The van der Waals surface area contributed by atoms with Crippen LogP contribution in [0.5, 0.6) is 0 Å². The van der Waals surface area contributed by atoms with Crippen molar-refractivity contribution in [3.8, 4) is 0 Å². The summed E-state index contributed by atoms with van der Waals surface area (Å²) in [5.41, 5.74) is 3.52. The maximum absolute atomic E-state index is 13.0. The average Bonchev–Trinajstić information content (AvgIpc) is 3.33. The molecule has 1 fully saturated rings. The van der Waals surface area contributed by atoms with Gasteiger partial charge in [0.25, 0.3) is 5.91 Å². The van der Waals surface area contributed by atoms with Crippen LogP contribution in [0.2, 0.25) is 5.02 Å². The Morgan fingerprint density at radius 2 is 1.90 bits per heavy atom. The Labute approximate surface area is 175 Å². The van der Waals surface area contributed by atoms with Crippen LogP contribution in [0.3, 0.4) is 0 Å². The maximum Gasteiger partial charge on any atom is 0.253 e. The Hall–Kier alpha value is -2.57. The summed E-state index contributed by atoms with van der Waals surface area (Å²) in [5, 5.41) is 5.18. The van der Waals surface area contributed by atoms with Crippen LogP contribution >= 0.6 is 11.6 Å². The quantitative estimate of drug-likeness (QED) is 0.640.